The second kappa shape index (κ2) is 8.49. The largest absolute Gasteiger partial charge is 0.326 e. The summed E-state index contributed by atoms with van der Waals surface area (Å²) in [5.41, 5.74) is 0.530. The number of carbonyl (C=O) groups is 1. The molecule has 0 spiro atoms. The lowest BCUT2D eigenvalue weighted by Gasteiger charge is -2.30. The normalized spacial score (nSPS) is 16.3. The van der Waals surface area contributed by atoms with E-state index in [2.05, 4.69) is 21.2 Å². The first-order valence-corrected chi connectivity index (χ1v) is 11.3. The highest BCUT2D eigenvalue weighted by molar-refractivity contribution is 9.10. The fourth-order valence-electron chi connectivity index (χ4n) is 2.98. The van der Waals surface area contributed by atoms with Gasteiger partial charge in [-0.15, -0.1) is 0 Å². The van der Waals surface area contributed by atoms with Crippen molar-refractivity contribution >= 4 is 60.7 Å². The standard InChI is InChI=1S/C18H17BrCl2N2O3S/c19-13-1-3-17(4-2-13)27(25,26)23-7-5-12(6-8-23)18(24)22-16-10-14(20)9-15(21)11-16/h1-4,9-12H,5-8H2,(H,22,24). The zero-order valence-corrected chi connectivity index (χ0v) is 18.1. The molecule has 27 heavy (non-hydrogen) atoms. The maximum Gasteiger partial charge on any atom is 0.243 e. The molecule has 0 aromatic heterocycles. The number of carbonyl (C=O) groups excluding carboxylic acids is 1. The Labute approximate surface area is 176 Å². The molecule has 2 aromatic rings. The molecule has 3 rings (SSSR count). The molecule has 1 aliphatic rings. The van der Waals surface area contributed by atoms with Crippen molar-refractivity contribution in [2.24, 2.45) is 5.92 Å². The predicted octanol–water partition coefficient (Wildman–Crippen LogP) is 4.80. The first-order valence-electron chi connectivity index (χ1n) is 8.28. The molecule has 1 fully saturated rings. The summed E-state index contributed by atoms with van der Waals surface area (Å²) < 4.78 is 27.7. The minimum atomic E-state index is -3.55. The number of sulfonamides is 1. The third-order valence-electron chi connectivity index (χ3n) is 4.41. The van der Waals surface area contributed by atoms with Crippen LogP contribution < -0.4 is 5.32 Å². The molecular formula is C18H17BrCl2N2O3S. The molecule has 0 atom stereocenters. The van der Waals surface area contributed by atoms with Gasteiger partial charge in [0.1, 0.15) is 0 Å². The van der Waals surface area contributed by atoms with Crippen molar-refractivity contribution in [2.45, 2.75) is 17.7 Å². The molecule has 0 radical (unpaired) electrons. The van der Waals surface area contributed by atoms with Crippen LogP contribution in [0.1, 0.15) is 12.8 Å². The molecule has 1 amide bonds. The second-order valence-corrected chi connectivity index (χ2v) is 10.0. The minimum absolute atomic E-state index is 0.158. The van der Waals surface area contributed by atoms with Crippen LogP contribution in [-0.2, 0) is 14.8 Å². The van der Waals surface area contributed by atoms with Gasteiger partial charge in [0.05, 0.1) is 4.90 Å². The molecule has 1 N–H and O–H groups in total. The predicted molar refractivity (Wildman–Crippen MR) is 111 cm³/mol. The van der Waals surface area contributed by atoms with Crippen LogP contribution in [0.15, 0.2) is 51.8 Å². The molecule has 0 bridgehead atoms. The Morgan fingerprint density at radius 2 is 1.59 bits per heavy atom. The van der Waals surface area contributed by atoms with Gasteiger partial charge in [-0.05, 0) is 55.3 Å². The molecule has 2 aromatic carbocycles. The number of benzene rings is 2. The zero-order chi connectivity index (χ0) is 19.6. The lowest BCUT2D eigenvalue weighted by molar-refractivity contribution is -0.120. The Balaban J connectivity index is 1.62. The molecule has 5 nitrogen and oxygen atoms in total. The van der Waals surface area contributed by atoms with Crippen molar-refractivity contribution < 1.29 is 13.2 Å². The summed E-state index contributed by atoms with van der Waals surface area (Å²) in [6, 6.07) is 11.4. The van der Waals surface area contributed by atoms with Crippen LogP contribution in [0, 0.1) is 5.92 Å². The van der Waals surface area contributed by atoms with Gasteiger partial charge in [-0.25, -0.2) is 8.42 Å². The Bertz CT molecular complexity index is 923. The van der Waals surface area contributed by atoms with Gasteiger partial charge < -0.3 is 5.32 Å². The van der Waals surface area contributed by atoms with Crippen molar-refractivity contribution in [1.82, 2.24) is 4.31 Å². The van der Waals surface area contributed by atoms with Crippen molar-refractivity contribution in [3.8, 4) is 0 Å². The number of halogens is 3. The topological polar surface area (TPSA) is 66.5 Å². The van der Waals surface area contributed by atoms with Crippen molar-refractivity contribution in [3.05, 3.63) is 57.0 Å². The summed E-state index contributed by atoms with van der Waals surface area (Å²) in [5.74, 6) is -0.423. The first kappa shape index (κ1) is 20.6. The van der Waals surface area contributed by atoms with Gasteiger partial charge in [0.15, 0.2) is 0 Å². The summed E-state index contributed by atoms with van der Waals surface area (Å²) in [7, 11) is -3.55. The quantitative estimate of drug-likeness (QED) is 0.668. The number of piperidine rings is 1. The second-order valence-electron chi connectivity index (χ2n) is 6.28. The highest BCUT2D eigenvalue weighted by Gasteiger charge is 2.32. The average Bonchev–Trinajstić information content (AvgIpc) is 2.61. The summed E-state index contributed by atoms with van der Waals surface area (Å²) in [6.45, 7) is 0.597. The van der Waals surface area contributed by atoms with Gasteiger partial charge in [-0.2, -0.15) is 4.31 Å². The van der Waals surface area contributed by atoms with Gasteiger partial charge in [-0.1, -0.05) is 39.1 Å². The van der Waals surface area contributed by atoms with Gasteiger partial charge in [0.25, 0.3) is 0 Å². The van der Waals surface area contributed by atoms with Crippen LogP contribution in [0.2, 0.25) is 10.0 Å². The average molecular weight is 492 g/mol. The van der Waals surface area contributed by atoms with Gasteiger partial charge in [0.2, 0.25) is 15.9 Å². The highest BCUT2D eigenvalue weighted by atomic mass is 79.9. The first-order chi connectivity index (χ1) is 12.8. The summed E-state index contributed by atoms with van der Waals surface area (Å²) in [5, 5.41) is 3.68. The van der Waals surface area contributed by atoms with Crippen LogP contribution in [0.25, 0.3) is 0 Å². The van der Waals surface area contributed by atoms with E-state index >= 15 is 0 Å². The van der Waals surface area contributed by atoms with Crippen LogP contribution in [0.5, 0.6) is 0 Å². The summed E-state index contributed by atoms with van der Waals surface area (Å²) in [4.78, 5) is 12.7. The highest BCUT2D eigenvalue weighted by Crippen LogP contribution is 2.27. The monoisotopic (exact) mass is 490 g/mol. The van der Waals surface area contributed by atoms with Crippen molar-refractivity contribution in [3.63, 3.8) is 0 Å². The Morgan fingerprint density at radius 1 is 1.04 bits per heavy atom. The number of hydrogen-bond acceptors (Lipinski definition) is 3. The number of nitrogens with one attached hydrogen (secondary N) is 1. The number of amides is 1. The number of nitrogens with zero attached hydrogens (tertiary/aromatic N) is 1. The van der Waals surface area contributed by atoms with Gasteiger partial charge in [-0.3, -0.25) is 4.79 Å². The van der Waals surface area contributed by atoms with Gasteiger partial charge in [0, 0.05) is 39.2 Å². The molecule has 1 heterocycles. The minimum Gasteiger partial charge on any atom is -0.326 e. The smallest absolute Gasteiger partial charge is 0.243 e. The molecule has 0 aliphatic carbocycles. The Kier molecular flexibility index (Phi) is 6.48. The molecule has 0 saturated carbocycles. The summed E-state index contributed by atoms with van der Waals surface area (Å²) in [6.07, 6.45) is 0.909. The maximum absolute atomic E-state index is 12.7. The van der Waals surface area contributed by atoms with Crippen molar-refractivity contribution in [1.29, 1.82) is 0 Å². The van der Waals surface area contributed by atoms with Crippen LogP contribution in [0.3, 0.4) is 0 Å². The third-order valence-corrected chi connectivity index (χ3v) is 7.28. The van der Waals surface area contributed by atoms with E-state index < -0.39 is 10.0 Å². The van der Waals surface area contributed by atoms with E-state index in [0.29, 0.717) is 41.7 Å². The zero-order valence-electron chi connectivity index (χ0n) is 14.2. The number of rotatable bonds is 4. The fraction of sp³-hybridized carbons (Fsp3) is 0.278. The maximum atomic E-state index is 12.7. The van der Waals surface area contributed by atoms with E-state index in [9.17, 15) is 13.2 Å². The SMILES string of the molecule is O=C(Nc1cc(Cl)cc(Cl)c1)C1CCN(S(=O)(=O)c2ccc(Br)cc2)CC1. The van der Waals surface area contributed by atoms with Crippen LogP contribution >= 0.6 is 39.1 Å². The fourth-order valence-corrected chi connectivity index (χ4v) is 5.24. The van der Waals surface area contributed by atoms with Crippen LogP contribution in [0.4, 0.5) is 5.69 Å². The van der Waals surface area contributed by atoms with E-state index in [1.165, 1.54) is 4.31 Å². The van der Waals surface area contributed by atoms with E-state index in [1.54, 1.807) is 42.5 Å². The number of hydrogen-bond donors (Lipinski definition) is 1. The molecule has 144 valence electrons. The molecular weight excluding hydrogens is 475 g/mol. The lowest BCUT2D eigenvalue weighted by Crippen LogP contribution is -2.41. The van der Waals surface area contributed by atoms with E-state index in [1.807, 2.05) is 0 Å². The Hall–Kier alpha value is -1.12. The third kappa shape index (κ3) is 5.03. The molecule has 1 saturated heterocycles. The lowest BCUT2D eigenvalue weighted by atomic mass is 9.97. The number of anilines is 1. The molecule has 1 aliphatic heterocycles. The van der Waals surface area contributed by atoms with E-state index in [-0.39, 0.29) is 16.7 Å². The van der Waals surface area contributed by atoms with Crippen molar-refractivity contribution in [2.75, 3.05) is 18.4 Å². The van der Waals surface area contributed by atoms with Crippen LogP contribution in [-0.4, -0.2) is 31.7 Å². The molecule has 0 unspecified atom stereocenters. The van der Waals surface area contributed by atoms with Gasteiger partial charge >= 0.3 is 0 Å². The van der Waals surface area contributed by atoms with E-state index in [4.69, 9.17) is 23.2 Å². The van der Waals surface area contributed by atoms with E-state index in [0.717, 1.165) is 4.47 Å². The summed E-state index contributed by atoms with van der Waals surface area (Å²) >= 11 is 15.2. The Morgan fingerprint density at radius 3 is 2.15 bits per heavy atom. The molecule has 9 heteroatoms.